The van der Waals surface area contributed by atoms with Crippen molar-refractivity contribution >= 4 is 23.6 Å². The number of β-lactam (4-membered cyclic amide) rings is 1. The summed E-state index contributed by atoms with van der Waals surface area (Å²) in [5.74, 6) is -1.90. The second kappa shape index (κ2) is 7.65. The molecule has 29 heavy (non-hydrogen) atoms. The van der Waals surface area contributed by atoms with Crippen molar-refractivity contribution in [2.75, 3.05) is 5.75 Å². The Bertz CT molecular complexity index is 972. The van der Waals surface area contributed by atoms with E-state index in [2.05, 4.69) is 0 Å². The summed E-state index contributed by atoms with van der Waals surface area (Å²) < 4.78 is 2.01. The van der Waals surface area contributed by atoms with Crippen LogP contribution in [0.3, 0.4) is 0 Å². The smallest absolute Gasteiger partial charge is 0.235 e. The summed E-state index contributed by atoms with van der Waals surface area (Å²) in [7, 11) is 0. The molecule has 0 radical (unpaired) electrons. The third-order valence-corrected chi connectivity index (χ3v) is 6.82. The number of para-hydroxylation sites is 1. The average Bonchev–Trinajstić information content (AvgIpc) is 2.95. The molecular weight excluding hydrogens is 388 g/mol. The van der Waals surface area contributed by atoms with Crippen molar-refractivity contribution in [2.24, 2.45) is 11.8 Å². The third-order valence-electron chi connectivity index (χ3n) is 5.76. The zero-order valence-electron chi connectivity index (χ0n) is 16.2. The number of pyridine rings is 1. The Morgan fingerprint density at radius 3 is 2.48 bits per heavy atom. The molecule has 0 spiro atoms. The predicted octanol–water partition coefficient (Wildman–Crippen LogP) is 0.917. The summed E-state index contributed by atoms with van der Waals surface area (Å²) in [6.45, 7) is 3.49. The molecule has 4 rings (SSSR count). The maximum absolute atomic E-state index is 12.4. The number of hydrogen-bond acceptors (Lipinski definition) is 5. The molecule has 3 heterocycles. The Hall–Kier alpha value is -2.64. The molecule has 2 aromatic rings. The molecule has 2 aliphatic heterocycles. The van der Waals surface area contributed by atoms with E-state index >= 15 is 0 Å². The van der Waals surface area contributed by atoms with E-state index in [4.69, 9.17) is 0 Å². The number of fused-ring (bicyclic) bond motifs is 1. The van der Waals surface area contributed by atoms with E-state index in [9.17, 15) is 19.8 Å². The zero-order chi connectivity index (χ0) is 20.7. The van der Waals surface area contributed by atoms with Gasteiger partial charge in [-0.2, -0.15) is 4.57 Å². The van der Waals surface area contributed by atoms with Gasteiger partial charge < -0.3 is 19.9 Å². The Kier molecular flexibility index (Phi) is 5.19. The Labute approximate surface area is 173 Å². The molecule has 1 saturated heterocycles. The lowest BCUT2D eigenvalue weighted by Crippen LogP contribution is -2.64. The van der Waals surface area contributed by atoms with Gasteiger partial charge in [0.1, 0.15) is 0 Å². The van der Waals surface area contributed by atoms with Crippen molar-refractivity contribution in [1.29, 1.82) is 0 Å². The molecule has 4 atom stereocenters. The molecule has 6 nitrogen and oxygen atoms in total. The minimum Gasteiger partial charge on any atom is -0.543 e. The summed E-state index contributed by atoms with van der Waals surface area (Å²) in [5.41, 5.74) is 1.73. The van der Waals surface area contributed by atoms with Crippen LogP contribution in [0.4, 0.5) is 0 Å². The normalized spacial score (nSPS) is 24.3. The fraction of sp³-hybridized carbons (Fsp3) is 0.318. The first-order chi connectivity index (χ1) is 13.9. The number of aliphatic hydroxyl groups excluding tert-OH is 1. The highest BCUT2D eigenvalue weighted by molar-refractivity contribution is 7.99. The van der Waals surface area contributed by atoms with Crippen molar-refractivity contribution in [2.45, 2.75) is 30.9 Å². The molecular formula is C22H22N2O4S. The molecule has 1 N–H and O–H groups in total. The van der Waals surface area contributed by atoms with Crippen molar-refractivity contribution in [3.05, 3.63) is 66.1 Å². The topological polar surface area (TPSA) is 84.5 Å². The summed E-state index contributed by atoms with van der Waals surface area (Å²) in [5, 5.41) is 21.7. The van der Waals surface area contributed by atoms with E-state index < -0.39 is 18.0 Å². The van der Waals surface area contributed by atoms with Crippen LogP contribution >= 0.6 is 11.8 Å². The molecule has 0 saturated carbocycles. The van der Waals surface area contributed by atoms with Gasteiger partial charge in [0.15, 0.2) is 12.4 Å². The predicted molar refractivity (Wildman–Crippen MR) is 106 cm³/mol. The van der Waals surface area contributed by atoms with Crippen LogP contribution in [0, 0.1) is 11.8 Å². The maximum Gasteiger partial charge on any atom is 0.235 e. The van der Waals surface area contributed by atoms with Crippen LogP contribution < -0.4 is 9.67 Å². The lowest BCUT2D eigenvalue weighted by molar-refractivity contribution is -0.596. The summed E-state index contributed by atoms with van der Waals surface area (Å²) >= 11 is 1.53. The number of hydrogen-bond donors (Lipinski definition) is 1. The lowest BCUT2D eigenvalue weighted by atomic mass is 9.78. The van der Waals surface area contributed by atoms with Crippen LogP contribution in [0.5, 0.6) is 0 Å². The number of carboxylic acid groups (broad SMARTS) is 1. The van der Waals surface area contributed by atoms with E-state index in [0.717, 1.165) is 10.6 Å². The zero-order valence-corrected chi connectivity index (χ0v) is 17.0. The van der Waals surface area contributed by atoms with E-state index in [0.29, 0.717) is 11.3 Å². The maximum atomic E-state index is 12.4. The number of nitrogens with zero attached hydrogens (tertiary/aromatic N) is 2. The van der Waals surface area contributed by atoms with Crippen LogP contribution in [0.2, 0.25) is 0 Å². The van der Waals surface area contributed by atoms with Crippen LogP contribution in [-0.4, -0.2) is 39.8 Å². The molecule has 1 amide bonds. The fourth-order valence-corrected chi connectivity index (χ4v) is 5.30. The molecule has 1 aromatic carbocycles. The fourth-order valence-electron chi connectivity index (χ4n) is 4.27. The van der Waals surface area contributed by atoms with E-state index in [1.54, 1.807) is 6.92 Å². The standard InChI is InChI=1S/C22H22N2O4S/c1-13-17(20(22(27)28)24-19(13)18(14(2)25)21(24)26)12-29-16-8-10-23(11-9-16)15-6-4-3-5-7-15/h3-11,13-14,18-19,25H,12H2,1-2H3/t13-,14+,18+,19+/m0/s1. The first-order valence-electron chi connectivity index (χ1n) is 9.55. The molecule has 2 aliphatic rings. The number of amides is 1. The van der Waals surface area contributed by atoms with Gasteiger partial charge >= 0.3 is 0 Å². The van der Waals surface area contributed by atoms with Crippen molar-refractivity contribution < 1.29 is 24.4 Å². The quantitative estimate of drug-likeness (QED) is 0.435. The monoisotopic (exact) mass is 410 g/mol. The third kappa shape index (κ3) is 3.34. The van der Waals surface area contributed by atoms with Gasteiger partial charge in [0, 0.05) is 40.8 Å². The van der Waals surface area contributed by atoms with E-state index in [-0.39, 0.29) is 23.6 Å². The highest BCUT2D eigenvalue weighted by Crippen LogP contribution is 2.47. The van der Waals surface area contributed by atoms with E-state index in [1.807, 2.05) is 66.3 Å². The molecule has 150 valence electrons. The van der Waals surface area contributed by atoms with Gasteiger partial charge in [-0.25, -0.2) is 0 Å². The van der Waals surface area contributed by atoms with Gasteiger partial charge in [0.25, 0.3) is 0 Å². The number of rotatable bonds is 6. The van der Waals surface area contributed by atoms with E-state index in [1.165, 1.54) is 16.7 Å². The minimum atomic E-state index is -1.33. The number of carbonyl (C=O) groups is 2. The number of benzene rings is 1. The summed E-state index contributed by atoms with van der Waals surface area (Å²) in [6.07, 6.45) is 3.12. The molecule has 1 aromatic heterocycles. The first kappa shape index (κ1) is 19.7. The number of carbonyl (C=O) groups excluding carboxylic acids is 2. The molecule has 0 aliphatic carbocycles. The van der Waals surface area contributed by atoms with Crippen molar-refractivity contribution in [3.63, 3.8) is 0 Å². The van der Waals surface area contributed by atoms with Crippen LogP contribution in [-0.2, 0) is 9.59 Å². The lowest BCUT2D eigenvalue weighted by Gasteiger charge is -2.47. The SMILES string of the molecule is C[C@@H](O)[C@H]1C(=O)N2C(C(=O)[O-])=C(CSc3cc[n+](-c4ccccc4)cc3)[C@H](C)[C@H]12. The van der Waals surface area contributed by atoms with Gasteiger partial charge in [-0.15, -0.1) is 11.8 Å². The molecule has 1 fully saturated rings. The largest absolute Gasteiger partial charge is 0.543 e. The van der Waals surface area contributed by atoms with Crippen LogP contribution in [0.1, 0.15) is 13.8 Å². The Balaban J connectivity index is 1.52. The number of carboxylic acids is 1. The number of aliphatic carboxylic acids is 1. The first-order valence-corrected chi connectivity index (χ1v) is 10.5. The van der Waals surface area contributed by atoms with Crippen molar-refractivity contribution in [1.82, 2.24) is 4.90 Å². The Morgan fingerprint density at radius 2 is 1.90 bits per heavy atom. The van der Waals surface area contributed by atoms with Gasteiger partial charge in [-0.3, -0.25) is 4.79 Å². The highest BCUT2D eigenvalue weighted by atomic mass is 32.2. The minimum absolute atomic E-state index is 0.0211. The Morgan fingerprint density at radius 1 is 1.24 bits per heavy atom. The second-order valence-electron chi connectivity index (χ2n) is 7.48. The second-order valence-corrected chi connectivity index (χ2v) is 8.53. The van der Waals surface area contributed by atoms with Gasteiger partial charge in [0.2, 0.25) is 11.6 Å². The van der Waals surface area contributed by atoms with Gasteiger partial charge in [-0.1, -0.05) is 25.1 Å². The van der Waals surface area contributed by atoms with Gasteiger partial charge in [-0.05, 0) is 12.5 Å². The summed E-state index contributed by atoms with van der Waals surface area (Å²) in [6, 6.07) is 13.6. The van der Waals surface area contributed by atoms with Crippen LogP contribution in [0.15, 0.2) is 71.0 Å². The molecule has 0 unspecified atom stereocenters. The average molecular weight is 410 g/mol. The number of aliphatic hydroxyl groups is 1. The van der Waals surface area contributed by atoms with Crippen molar-refractivity contribution in [3.8, 4) is 5.69 Å². The molecule has 7 heteroatoms. The highest BCUT2D eigenvalue weighted by Gasteiger charge is 2.58. The number of aromatic nitrogens is 1. The number of thioether (sulfide) groups is 1. The van der Waals surface area contributed by atoms with Gasteiger partial charge in [0.05, 0.1) is 29.7 Å². The molecule has 0 bridgehead atoms. The van der Waals surface area contributed by atoms with Crippen LogP contribution in [0.25, 0.3) is 5.69 Å². The summed E-state index contributed by atoms with van der Waals surface area (Å²) in [4.78, 5) is 26.4.